The zero-order valence-electron chi connectivity index (χ0n) is 29.5. The van der Waals surface area contributed by atoms with E-state index in [0.29, 0.717) is 5.95 Å². The predicted molar refractivity (Wildman–Crippen MR) is 226 cm³/mol. The molecule has 55 heavy (non-hydrogen) atoms. The third kappa shape index (κ3) is 4.35. The van der Waals surface area contributed by atoms with Gasteiger partial charge >= 0.3 is 0 Å². The lowest BCUT2D eigenvalue weighted by Crippen LogP contribution is -2.03. The van der Waals surface area contributed by atoms with Gasteiger partial charge in [0.05, 0.1) is 27.8 Å². The smallest absolute Gasteiger partial charge is 0.235 e. The third-order valence-electron chi connectivity index (χ3n) is 11.1. The summed E-state index contributed by atoms with van der Waals surface area (Å²) in [5.74, 6) is 0.599. The molecule has 0 atom stereocenters. The minimum atomic E-state index is 0.599. The molecule has 0 unspecified atom stereocenters. The van der Waals surface area contributed by atoms with Crippen molar-refractivity contribution in [2.24, 2.45) is 0 Å². The molecule has 0 aliphatic heterocycles. The molecule has 5 heteroatoms. The second-order valence-corrected chi connectivity index (χ2v) is 14.2. The molecule has 0 saturated heterocycles. The number of aromatic nitrogens is 4. The minimum absolute atomic E-state index is 0.599. The van der Waals surface area contributed by atoms with Crippen molar-refractivity contribution in [1.29, 1.82) is 0 Å². The molecule has 256 valence electrons. The maximum atomic E-state index is 6.86. The maximum Gasteiger partial charge on any atom is 0.235 e. The van der Waals surface area contributed by atoms with Crippen LogP contribution in [0.3, 0.4) is 0 Å². The van der Waals surface area contributed by atoms with Gasteiger partial charge in [-0.15, -0.1) is 0 Å². The lowest BCUT2D eigenvalue weighted by atomic mass is 9.96. The number of para-hydroxylation sites is 5. The van der Waals surface area contributed by atoms with Crippen molar-refractivity contribution < 1.29 is 4.42 Å². The first-order valence-electron chi connectivity index (χ1n) is 18.6. The minimum Gasteiger partial charge on any atom is -0.454 e. The van der Waals surface area contributed by atoms with Crippen LogP contribution >= 0.6 is 0 Å². The van der Waals surface area contributed by atoms with E-state index in [1.807, 2.05) is 18.2 Å². The zero-order chi connectivity index (χ0) is 36.0. The van der Waals surface area contributed by atoms with Crippen LogP contribution in [0.25, 0.3) is 110 Å². The number of benzene rings is 8. The van der Waals surface area contributed by atoms with Crippen molar-refractivity contribution in [3.8, 4) is 34.0 Å². The topological polar surface area (TPSA) is 48.8 Å². The molecule has 8 aromatic carbocycles. The van der Waals surface area contributed by atoms with Gasteiger partial charge in [-0.2, -0.15) is 0 Å². The highest BCUT2D eigenvalue weighted by molar-refractivity contribution is 6.26. The third-order valence-corrected chi connectivity index (χ3v) is 11.1. The molecule has 4 heterocycles. The van der Waals surface area contributed by atoms with E-state index >= 15 is 0 Å². The molecule has 0 bridgehead atoms. The summed E-state index contributed by atoms with van der Waals surface area (Å²) in [6.45, 7) is 0. The average Bonchev–Trinajstić information content (AvgIpc) is 3.91. The molecule has 5 nitrogen and oxygen atoms in total. The molecule has 0 saturated carbocycles. The van der Waals surface area contributed by atoms with Gasteiger partial charge in [0.2, 0.25) is 5.95 Å². The first-order chi connectivity index (χ1) is 27.3. The number of fused-ring (bicyclic) bond motifs is 11. The normalized spacial score (nSPS) is 12.0. The van der Waals surface area contributed by atoms with Gasteiger partial charge in [-0.3, -0.25) is 4.57 Å². The molecule has 4 aromatic heterocycles. The summed E-state index contributed by atoms with van der Waals surface area (Å²) in [4.78, 5) is 10.7. The highest BCUT2D eigenvalue weighted by atomic mass is 16.3. The Morgan fingerprint density at radius 1 is 0.418 bits per heavy atom. The molecule has 0 aliphatic rings. The Morgan fingerprint density at radius 2 is 1.05 bits per heavy atom. The summed E-state index contributed by atoms with van der Waals surface area (Å²) in [6, 6.07) is 64.2. The molecular weight excluding hydrogens is 673 g/mol. The summed E-state index contributed by atoms with van der Waals surface area (Å²) in [6.07, 6.45) is 0. The highest BCUT2D eigenvalue weighted by Crippen LogP contribution is 2.46. The first-order valence-corrected chi connectivity index (χ1v) is 18.6. The number of hydrogen-bond acceptors (Lipinski definition) is 3. The standard InChI is InChI=1S/C50H30N4O/c1-3-15-31(16-4-1)47-37-21-7-11-23-41(37)51-50(52-47)54-43-25-13-9-22-38(43)46-39(30-40-36-20-10-14-26-45(36)55-49(40)48(46)54)32-27-28-35-34-19-8-12-24-42(34)53(44(35)29-32)33-17-5-2-6-18-33/h1-30H. The van der Waals surface area contributed by atoms with E-state index in [4.69, 9.17) is 14.4 Å². The van der Waals surface area contributed by atoms with Gasteiger partial charge in [0.25, 0.3) is 0 Å². The van der Waals surface area contributed by atoms with Crippen LogP contribution in [0.5, 0.6) is 0 Å². The molecule has 0 N–H and O–H groups in total. The Hall–Kier alpha value is -7.50. The van der Waals surface area contributed by atoms with Crippen LogP contribution in [0.15, 0.2) is 186 Å². The SMILES string of the molecule is c1ccc(-c2nc(-n3c4ccccc4c4c(-c5ccc6c7ccccc7n(-c7ccccc7)c6c5)cc5c6ccccc6oc5c43)nc3ccccc23)cc1. The van der Waals surface area contributed by atoms with E-state index in [2.05, 4.69) is 173 Å². The second-order valence-electron chi connectivity index (χ2n) is 14.2. The highest BCUT2D eigenvalue weighted by Gasteiger charge is 2.25. The Labute approximate surface area is 315 Å². The van der Waals surface area contributed by atoms with Crippen molar-refractivity contribution in [2.45, 2.75) is 0 Å². The van der Waals surface area contributed by atoms with Gasteiger partial charge in [-0.25, -0.2) is 9.97 Å². The summed E-state index contributed by atoms with van der Waals surface area (Å²) in [5, 5.41) is 7.79. The van der Waals surface area contributed by atoms with Gasteiger partial charge < -0.3 is 8.98 Å². The second kappa shape index (κ2) is 11.5. The van der Waals surface area contributed by atoms with Crippen molar-refractivity contribution >= 4 is 76.5 Å². The molecule has 12 rings (SSSR count). The molecule has 12 aromatic rings. The van der Waals surface area contributed by atoms with Crippen molar-refractivity contribution in [2.75, 3.05) is 0 Å². The maximum absolute atomic E-state index is 6.86. The average molecular weight is 703 g/mol. The Kier molecular flexibility index (Phi) is 6.27. The number of rotatable bonds is 4. The Balaban J connectivity index is 1.24. The summed E-state index contributed by atoms with van der Waals surface area (Å²) in [7, 11) is 0. The van der Waals surface area contributed by atoms with E-state index in [-0.39, 0.29) is 0 Å². The van der Waals surface area contributed by atoms with E-state index in [9.17, 15) is 0 Å². The summed E-state index contributed by atoms with van der Waals surface area (Å²) < 4.78 is 11.5. The largest absolute Gasteiger partial charge is 0.454 e. The fraction of sp³-hybridized carbons (Fsp3) is 0. The van der Waals surface area contributed by atoms with Crippen LogP contribution in [0, 0.1) is 0 Å². The molecule has 0 amide bonds. The van der Waals surface area contributed by atoms with Crippen LogP contribution in [-0.2, 0) is 0 Å². The first kappa shape index (κ1) is 30.0. The van der Waals surface area contributed by atoms with Crippen LogP contribution < -0.4 is 0 Å². The lowest BCUT2D eigenvalue weighted by molar-refractivity contribution is 0.671. The van der Waals surface area contributed by atoms with Crippen LogP contribution in [0.2, 0.25) is 0 Å². The van der Waals surface area contributed by atoms with Crippen molar-refractivity contribution in [3.63, 3.8) is 0 Å². The fourth-order valence-corrected chi connectivity index (χ4v) is 8.74. The molecular formula is C50H30N4O. The molecule has 0 aliphatic carbocycles. The van der Waals surface area contributed by atoms with E-state index < -0.39 is 0 Å². The van der Waals surface area contributed by atoms with Crippen LogP contribution in [-0.4, -0.2) is 19.1 Å². The zero-order valence-corrected chi connectivity index (χ0v) is 29.5. The van der Waals surface area contributed by atoms with E-state index in [1.165, 1.54) is 16.3 Å². The molecule has 0 fully saturated rings. The van der Waals surface area contributed by atoms with Crippen molar-refractivity contribution in [1.82, 2.24) is 19.1 Å². The lowest BCUT2D eigenvalue weighted by Gasteiger charge is -2.12. The van der Waals surface area contributed by atoms with Crippen LogP contribution in [0.4, 0.5) is 0 Å². The van der Waals surface area contributed by atoms with E-state index in [1.54, 1.807) is 0 Å². The van der Waals surface area contributed by atoms with Gasteiger partial charge in [-0.1, -0.05) is 133 Å². The van der Waals surface area contributed by atoms with Gasteiger partial charge in [-0.05, 0) is 59.7 Å². The molecule has 0 radical (unpaired) electrons. The number of hydrogen-bond donors (Lipinski definition) is 0. The number of furan rings is 1. The summed E-state index contributed by atoms with van der Waals surface area (Å²) >= 11 is 0. The summed E-state index contributed by atoms with van der Waals surface area (Å²) in [5.41, 5.74) is 12.2. The van der Waals surface area contributed by atoms with Crippen LogP contribution in [0.1, 0.15) is 0 Å². The van der Waals surface area contributed by atoms with Gasteiger partial charge in [0, 0.05) is 49.0 Å². The van der Waals surface area contributed by atoms with E-state index in [0.717, 1.165) is 88.2 Å². The Morgan fingerprint density at radius 3 is 1.87 bits per heavy atom. The van der Waals surface area contributed by atoms with Gasteiger partial charge in [0.1, 0.15) is 11.1 Å². The number of nitrogens with zero attached hydrogens (tertiary/aromatic N) is 4. The quantitative estimate of drug-likeness (QED) is 0.183. The Bertz CT molecular complexity index is 3480. The fourth-order valence-electron chi connectivity index (χ4n) is 8.74. The van der Waals surface area contributed by atoms with Gasteiger partial charge in [0.15, 0.2) is 5.58 Å². The monoisotopic (exact) mass is 702 g/mol. The van der Waals surface area contributed by atoms with Crippen molar-refractivity contribution in [3.05, 3.63) is 182 Å². The molecule has 0 spiro atoms. The predicted octanol–water partition coefficient (Wildman–Crippen LogP) is 13.1.